The first-order chi connectivity index (χ1) is 12.2. The standard InChI is InChI=1S/C15H7N5O4S/c21-20(22)12-6-5-10(24-12)14-18-19-13(16-17-15(19)25-14)11-7-8-3-1-2-4-9(8)23-11/h1-7H. The van der Waals surface area contributed by atoms with Crippen LogP contribution in [0.5, 0.6) is 0 Å². The molecule has 0 atom stereocenters. The van der Waals surface area contributed by atoms with Crippen LogP contribution < -0.4 is 0 Å². The summed E-state index contributed by atoms with van der Waals surface area (Å²) in [5.41, 5.74) is 0.742. The lowest BCUT2D eigenvalue weighted by molar-refractivity contribution is -0.401. The van der Waals surface area contributed by atoms with E-state index in [4.69, 9.17) is 8.83 Å². The van der Waals surface area contributed by atoms with Gasteiger partial charge in [-0.2, -0.15) is 4.52 Å². The highest BCUT2D eigenvalue weighted by atomic mass is 32.1. The van der Waals surface area contributed by atoms with Crippen molar-refractivity contribution >= 4 is 33.2 Å². The third kappa shape index (κ3) is 2.11. The van der Waals surface area contributed by atoms with Crippen LogP contribution in [0.1, 0.15) is 0 Å². The fourth-order valence-corrected chi connectivity index (χ4v) is 3.30. The van der Waals surface area contributed by atoms with Crippen LogP contribution in [0.4, 0.5) is 5.88 Å². The molecule has 0 bridgehead atoms. The minimum atomic E-state index is -0.594. The first-order valence-electron chi connectivity index (χ1n) is 7.15. The molecular formula is C15H7N5O4S. The predicted molar refractivity (Wildman–Crippen MR) is 88.2 cm³/mol. The Morgan fingerprint density at radius 3 is 2.76 bits per heavy atom. The normalized spacial score (nSPS) is 11.5. The van der Waals surface area contributed by atoms with E-state index >= 15 is 0 Å². The van der Waals surface area contributed by atoms with Crippen molar-refractivity contribution in [2.45, 2.75) is 0 Å². The van der Waals surface area contributed by atoms with Crippen molar-refractivity contribution in [1.29, 1.82) is 0 Å². The van der Waals surface area contributed by atoms with Crippen molar-refractivity contribution in [2.75, 3.05) is 0 Å². The summed E-state index contributed by atoms with van der Waals surface area (Å²) in [5.74, 6) is 0.960. The smallest absolute Gasteiger partial charge is 0.433 e. The number of nitrogens with zero attached hydrogens (tertiary/aromatic N) is 5. The van der Waals surface area contributed by atoms with Crippen LogP contribution in [0.15, 0.2) is 51.3 Å². The molecule has 4 aromatic heterocycles. The molecule has 122 valence electrons. The third-order valence-corrected chi connectivity index (χ3v) is 4.53. The zero-order valence-electron chi connectivity index (χ0n) is 12.3. The van der Waals surface area contributed by atoms with Gasteiger partial charge in [-0.25, -0.2) is 0 Å². The summed E-state index contributed by atoms with van der Waals surface area (Å²) in [5, 5.41) is 24.8. The van der Waals surface area contributed by atoms with Gasteiger partial charge < -0.3 is 8.83 Å². The molecule has 25 heavy (non-hydrogen) atoms. The first-order valence-corrected chi connectivity index (χ1v) is 7.96. The molecule has 0 aliphatic heterocycles. The van der Waals surface area contributed by atoms with E-state index in [1.165, 1.54) is 28.0 Å². The summed E-state index contributed by atoms with van der Waals surface area (Å²) in [6.07, 6.45) is 0. The monoisotopic (exact) mass is 353 g/mol. The summed E-state index contributed by atoms with van der Waals surface area (Å²) < 4.78 is 12.5. The van der Waals surface area contributed by atoms with E-state index < -0.39 is 4.92 Å². The van der Waals surface area contributed by atoms with E-state index in [2.05, 4.69) is 15.3 Å². The topological polar surface area (TPSA) is 112 Å². The molecule has 9 nitrogen and oxygen atoms in total. The third-order valence-electron chi connectivity index (χ3n) is 3.62. The second kappa shape index (κ2) is 4.98. The van der Waals surface area contributed by atoms with Gasteiger partial charge in [0.25, 0.3) is 0 Å². The molecule has 0 spiro atoms. The fourth-order valence-electron chi connectivity index (χ4n) is 2.50. The van der Waals surface area contributed by atoms with Gasteiger partial charge in [-0.15, -0.1) is 15.3 Å². The van der Waals surface area contributed by atoms with E-state index in [0.29, 0.717) is 27.3 Å². The van der Waals surface area contributed by atoms with Crippen LogP contribution in [0.2, 0.25) is 0 Å². The molecule has 0 N–H and O–H groups in total. The van der Waals surface area contributed by atoms with Crippen LogP contribution in [0.25, 0.3) is 38.3 Å². The molecular weight excluding hydrogens is 346 g/mol. The van der Waals surface area contributed by atoms with Crippen LogP contribution in [0, 0.1) is 10.1 Å². The van der Waals surface area contributed by atoms with Crippen molar-refractivity contribution in [3.8, 4) is 22.4 Å². The molecule has 0 amide bonds. The van der Waals surface area contributed by atoms with Gasteiger partial charge in [0.15, 0.2) is 16.5 Å². The second-order valence-electron chi connectivity index (χ2n) is 5.17. The average Bonchev–Trinajstić information content (AvgIpc) is 3.35. The van der Waals surface area contributed by atoms with Crippen molar-refractivity contribution in [1.82, 2.24) is 19.8 Å². The molecule has 0 aliphatic carbocycles. The molecule has 5 aromatic rings. The number of aromatic nitrogens is 4. The molecule has 1 aromatic carbocycles. The van der Waals surface area contributed by atoms with Gasteiger partial charge in [0, 0.05) is 5.39 Å². The van der Waals surface area contributed by atoms with Gasteiger partial charge in [-0.3, -0.25) is 10.1 Å². The van der Waals surface area contributed by atoms with E-state index in [1.807, 2.05) is 30.3 Å². The number of hydrogen-bond acceptors (Lipinski definition) is 8. The highest BCUT2D eigenvalue weighted by molar-refractivity contribution is 7.19. The maximum Gasteiger partial charge on any atom is 0.433 e. The van der Waals surface area contributed by atoms with Crippen molar-refractivity contribution in [3.05, 3.63) is 52.6 Å². The Kier molecular flexibility index (Phi) is 2.76. The number of benzene rings is 1. The molecule has 0 saturated carbocycles. The van der Waals surface area contributed by atoms with Crippen LogP contribution in [-0.2, 0) is 0 Å². The summed E-state index contributed by atoms with van der Waals surface area (Å²) in [6.45, 7) is 0. The molecule has 0 aliphatic rings. The fraction of sp³-hybridized carbons (Fsp3) is 0. The number of hydrogen-bond donors (Lipinski definition) is 0. The van der Waals surface area contributed by atoms with Crippen molar-refractivity contribution < 1.29 is 13.8 Å². The average molecular weight is 353 g/mol. The van der Waals surface area contributed by atoms with Gasteiger partial charge in [0.05, 0.1) is 6.07 Å². The van der Waals surface area contributed by atoms with Gasteiger partial charge in [-0.1, -0.05) is 29.5 Å². The Balaban J connectivity index is 1.62. The highest BCUT2D eigenvalue weighted by Gasteiger charge is 2.20. The van der Waals surface area contributed by atoms with Crippen molar-refractivity contribution in [3.63, 3.8) is 0 Å². The molecule has 0 radical (unpaired) electrons. The van der Waals surface area contributed by atoms with Gasteiger partial charge in [0.1, 0.15) is 10.5 Å². The van der Waals surface area contributed by atoms with E-state index in [0.717, 1.165) is 11.0 Å². The van der Waals surface area contributed by atoms with Crippen LogP contribution in [0.3, 0.4) is 0 Å². The van der Waals surface area contributed by atoms with E-state index in [9.17, 15) is 10.1 Å². The second-order valence-corrected chi connectivity index (χ2v) is 6.12. The first kappa shape index (κ1) is 13.9. The SMILES string of the molecule is O=[N+]([O-])c1ccc(-c2nn3c(-c4cc5ccccc5o4)nnc3s2)o1. The Morgan fingerprint density at radius 2 is 1.96 bits per heavy atom. The highest BCUT2D eigenvalue weighted by Crippen LogP contribution is 2.32. The lowest BCUT2D eigenvalue weighted by atomic mass is 10.2. The Morgan fingerprint density at radius 1 is 1.08 bits per heavy atom. The maximum atomic E-state index is 10.7. The predicted octanol–water partition coefficient (Wildman–Crippen LogP) is 3.77. The molecule has 0 fully saturated rings. The minimum absolute atomic E-state index is 0.303. The van der Waals surface area contributed by atoms with Crippen LogP contribution >= 0.6 is 11.3 Å². The summed E-state index contributed by atoms with van der Waals surface area (Å²) in [6, 6.07) is 12.3. The lowest BCUT2D eigenvalue weighted by Crippen LogP contribution is -1.89. The van der Waals surface area contributed by atoms with Gasteiger partial charge in [0.2, 0.25) is 10.8 Å². The molecule has 4 heterocycles. The molecule has 10 heteroatoms. The number of rotatable bonds is 3. The van der Waals surface area contributed by atoms with Crippen LogP contribution in [-0.4, -0.2) is 24.7 Å². The number of furan rings is 2. The quantitative estimate of drug-likeness (QED) is 0.358. The van der Waals surface area contributed by atoms with E-state index in [1.54, 1.807) is 0 Å². The Bertz CT molecular complexity index is 1210. The zero-order chi connectivity index (χ0) is 17.0. The Labute approximate surface area is 142 Å². The maximum absolute atomic E-state index is 10.7. The largest absolute Gasteiger partial charge is 0.453 e. The number of para-hydroxylation sites is 1. The van der Waals surface area contributed by atoms with Gasteiger partial charge >= 0.3 is 5.88 Å². The van der Waals surface area contributed by atoms with Crippen molar-refractivity contribution in [2.24, 2.45) is 0 Å². The van der Waals surface area contributed by atoms with Gasteiger partial charge in [-0.05, 0) is 18.2 Å². The summed E-state index contributed by atoms with van der Waals surface area (Å²) in [4.78, 5) is 10.7. The Hall–Kier alpha value is -3.53. The molecule has 5 rings (SSSR count). The number of nitro groups is 1. The number of fused-ring (bicyclic) bond motifs is 2. The molecule has 0 unspecified atom stereocenters. The zero-order valence-corrected chi connectivity index (χ0v) is 13.1. The minimum Gasteiger partial charge on any atom is -0.453 e. The van der Waals surface area contributed by atoms with E-state index in [-0.39, 0.29) is 5.88 Å². The summed E-state index contributed by atoms with van der Waals surface area (Å²) in [7, 11) is 0. The summed E-state index contributed by atoms with van der Waals surface area (Å²) >= 11 is 1.22. The lowest BCUT2D eigenvalue weighted by Gasteiger charge is -1.90. The molecule has 0 saturated heterocycles.